The second-order valence-electron chi connectivity index (χ2n) is 4.70. The molecule has 0 aliphatic carbocycles. The molecule has 122 valence electrons. The topological polar surface area (TPSA) is 46.1 Å². The van der Waals surface area contributed by atoms with E-state index in [4.69, 9.17) is 0 Å². The molecule has 0 bridgehead atoms. The molecule has 0 N–H and O–H groups in total. The molecule has 0 saturated carbocycles. The maximum absolute atomic E-state index is 12.3. The molecular formula is C15H14F3N3OS. The van der Waals surface area contributed by atoms with Crippen LogP contribution in [0, 0.1) is 0 Å². The molecule has 0 aromatic carbocycles. The van der Waals surface area contributed by atoms with Gasteiger partial charge in [-0.25, -0.2) is 0 Å². The van der Waals surface area contributed by atoms with Crippen molar-refractivity contribution >= 4 is 17.7 Å². The number of alkyl halides is 3. The Labute approximate surface area is 135 Å². The highest BCUT2D eigenvalue weighted by Gasteiger charge is 2.30. The molecule has 0 fully saturated rings. The number of pyridine rings is 2. The van der Waals surface area contributed by atoms with Gasteiger partial charge in [0.15, 0.2) is 0 Å². The van der Waals surface area contributed by atoms with Crippen LogP contribution in [0.1, 0.15) is 11.1 Å². The van der Waals surface area contributed by atoms with Gasteiger partial charge in [0.1, 0.15) is 0 Å². The van der Waals surface area contributed by atoms with Gasteiger partial charge in [-0.05, 0) is 41.1 Å². The van der Waals surface area contributed by atoms with Crippen molar-refractivity contribution in [3.05, 3.63) is 60.2 Å². The van der Waals surface area contributed by atoms with Crippen molar-refractivity contribution < 1.29 is 18.0 Å². The molecule has 2 aromatic rings. The van der Waals surface area contributed by atoms with Crippen LogP contribution in [-0.4, -0.2) is 32.0 Å². The van der Waals surface area contributed by atoms with Crippen molar-refractivity contribution in [3.63, 3.8) is 0 Å². The number of thioether (sulfide) groups is 1. The van der Waals surface area contributed by atoms with E-state index in [1.165, 1.54) is 4.90 Å². The third-order valence-corrected chi connectivity index (χ3v) is 3.65. The zero-order valence-electron chi connectivity index (χ0n) is 12.0. The summed E-state index contributed by atoms with van der Waals surface area (Å²) in [6.07, 6.45) is 6.33. The van der Waals surface area contributed by atoms with E-state index in [0.717, 1.165) is 11.1 Å². The monoisotopic (exact) mass is 341 g/mol. The predicted octanol–water partition coefficient (Wildman–Crippen LogP) is 3.26. The Kier molecular flexibility index (Phi) is 5.97. The number of carbonyl (C=O) groups is 1. The Morgan fingerprint density at radius 3 is 2.35 bits per heavy atom. The molecule has 0 spiro atoms. The molecule has 2 rings (SSSR count). The van der Waals surface area contributed by atoms with Gasteiger partial charge in [-0.2, -0.15) is 13.2 Å². The molecule has 0 aliphatic rings. The van der Waals surface area contributed by atoms with Crippen LogP contribution in [0.3, 0.4) is 0 Å². The molecule has 0 atom stereocenters. The van der Waals surface area contributed by atoms with Gasteiger partial charge in [-0.15, -0.1) is 0 Å². The van der Waals surface area contributed by atoms with Gasteiger partial charge in [0, 0.05) is 37.9 Å². The van der Waals surface area contributed by atoms with Crippen LogP contribution in [0.2, 0.25) is 0 Å². The second kappa shape index (κ2) is 7.96. The first-order valence-electron chi connectivity index (χ1n) is 6.70. The summed E-state index contributed by atoms with van der Waals surface area (Å²) < 4.78 is 36.9. The van der Waals surface area contributed by atoms with Gasteiger partial charge in [0.05, 0.1) is 5.75 Å². The number of hydrogen-bond acceptors (Lipinski definition) is 4. The Morgan fingerprint density at radius 2 is 1.74 bits per heavy atom. The van der Waals surface area contributed by atoms with Crippen molar-refractivity contribution in [2.24, 2.45) is 0 Å². The lowest BCUT2D eigenvalue weighted by Crippen LogP contribution is -2.32. The molecule has 4 nitrogen and oxygen atoms in total. The van der Waals surface area contributed by atoms with Crippen molar-refractivity contribution in [1.29, 1.82) is 0 Å². The zero-order chi connectivity index (χ0) is 16.7. The molecule has 2 aromatic heterocycles. The molecule has 0 unspecified atom stereocenters. The Balaban J connectivity index is 2.08. The number of nitrogens with zero attached hydrogens (tertiary/aromatic N) is 3. The van der Waals surface area contributed by atoms with Crippen molar-refractivity contribution in [3.8, 4) is 0 Å². The smallest absolute Gasteiger partial charge is 0.333 e. The maximum atomic E-state index is 12.3. The van der Waals surface area contributed by atoms with Crippen molar-refractivity contribution in [2.45, 2.75) is 18.6 Å². The first-order valence-corrected chi connectivity index (χ1v) is 7.69. The van der Waals surface area contributed by atoms with Crippen LogP contribution in [0.4, 0.5) is 13.2 Å². The number of aromatic nitrogens is 2. The quantitative estimate of drug-likeness (QED) is 0.809. The molecule has 1 amide bonds. The van der Waals surface area contributed by atoms with Crippen LogP contribution in [0.15, 0.2) is 49.1 Å². The molecule has 0 saturated heterocycles. The van der Waals surface area contributed by atoms with E-state index in [2.05, 4.69) is 9.97 Å². The highest BCUT2D eigenvalue weighted by atomic mass is 32.2. The minimum atomic E-state index is -4.42. The second-order valence-corrected chi connectivity index (χ2v) is 5.74. The molecule has 8 heteroatoms. The highest BCUT2D eigenvalue weighted by molar-refractivity contribution is 8.00. The normalized spacial score (nSPS) is 11.3. The van der Waals surface area contributed by atoms with E-state index in [0.29, 0.717) is 0 Å². The maximum Gasteiger partial charge on any atom is 0.442 e. The van der Waals surface area contributed by atoms with Crippen LogP contribution < -0.4 is 0 Å². The minimum Gasteiger partial charge on any atom is -0.333 e. The third-order valence-electron chi connectivity index (χ3n) is 2.93. The zero-order valence-corrected chi connectivity index (χ0v) is 12.8. The van der Waals surface area contributed by atoms with Gasteiger partial charge in [0.25, 0.3) is 0 Å². The van der Waals surface area contributed by atoms with Crippen LogP contribution >= 0.6 is 11.8 Å². The number of amides is 1. The van der Waals surface area contributed by atoms with Crippen molar-refractivity contribution in [2.75, 3.05) is 5.75 Å². The summed E-state index contributed by atoms with van der Waals surface area (Å²) in [6, 6.07) is 6.94. The van der Waals surface area contributed by atoms with Crippen LogP contribution in [0.25, 0.3) is 0 Å². The minimum absolute atomic E-state index is 0.202. The van der Waals surface area contributed by atoms with Gasteiger partial charge in [0.2, 0.25) is 5.91 Å². The molecule has 0 aliphatic heterocycles. The van der Waals surface area contributed by atoms with E-state index in [-0.39, 0.29) is 24.9 Å². The fourth-order valence-electron chi connectivity index (χ4n) is 1.89. The van der Waals surface area contributed by atoms with Crippen LogP contribution in [0.5, 0.6) is 0 Å². The fraction of sp³-hybridized carbons (Fsp3) is 0.267. The average Bonchev–Trinajstić information content (AvgIpc) is 2.53. The van der Waals surface area contributed by atoms with Gasteiger partial charge in [-0.3, -0.25) is 14.8 Å². The molecule has 0 radical (unpaired) electrons. The lowest BCUT2D eigenvalue weighted by Gasteiger charge is -2.23. The van der Waals surface area contributed by atoms with Gasteiger partial charge in [-0.1, -0.05) is 6.07 Å². The van der Waals surface area contributed by atoms with E-state index >= 15 is 0 Å². The summed E-state index contributed by atoms with van der Waals surface area (Å²) in [6.45, 7) is 0.419. The largest absolute Gasteiger partial charge is 0.442 e. The summed E-state index contributed by atoms with van der Waals surface area (Å²) in [4.78, 5) is 21.4. The molecule has 23 heavy (non-hydrogen) atoms. The predicted molar refractivity (Wildman–Crippen MR) is 81.2 cm³/mol. The average molecular weight is 341 g/mol. The molecular weight excluding hydrogens is 327 g/mol. The third kappa shape index (κ3) is 6.27. The summed E-state index contributed by atoms with van der Waals surface area (Å²) in [7, 11) is 0. The summed E-state index contributed by atoms with van der Waals surface area (Å²) in [5, 5.41) is 0. The number of carbonyl (C=O) groups excluding carboxylic acids is 1. The fourth-order valence-corrected chi connectivity index (χ4v) is 2.36. The van der Waals surface area contributed by atoms with E-state index in [1.54, 1.807) is 49.1 Å². The lowest BCUT2D eigenvalue weighted by molar-refractivity contribution is -0.129. The van der Waals surface area contributed by atoms with E-state index in [1.807, 2.05) is 0 Å². The van der Waals surface area contributed by atoms with Gasteiger partial charge >= 0.3 is 5.51 Å². The highest BCUT2D eigenvalue weighted by Crippen LogP contribution is 2.30. The summed E-state index contributed by atoms with van der Waals surface area (Å²) >= 11 is -0.328. The first-order chi connectivity index (χ1) is 10.9. The lowest BCUT2D eigenvalue weighted by atomic mass is 10.2. The summed E-state index contributed by atoms with van der Waals surface area (Å²) in [5.41, 5.74) is -2.87. The van der Waals surface area contributed by atoms with Gasteiger partial charge < -0.3 is 4.90 Å². The van der Waals surface area contributed by atoms with E-state index < -0.39 is 17.2 Å². The first kappa shape index (κ1) is 17.3. The number of halogens is 3. The Bertz CT molecular complexity index is 581. The standard InChI is InChI=1S/C15H14F3N3OS/c16-15(17,18)23-11-14(22)21(9-12-3-6-19-7-4-12)10-13-2-1-5-20-8-13/h1-8H,9-11H2. The van der Waals surface area contributed by atoms with Crippen molar-refractivity contribution in [1.82, 2.24) is 14.9 Å². The summed E-state index contributed by atoms with van der Waals surface area (Å²) in [5.74, 6) is -1.22. The Morgan fingerprint density at radius 1 is 1.04 bits per heavy atom. The van der Waals surface area contributed by atoms with Crippen LogP contribution in [-0.2, 0) is 17.9 Å². The SMILES string of the molecule is O=C(CSC(F)(F)F)N(Cc1ccncc1)Cc1cccnc1. The number of hydrogen-bond donors (Lipinski definition) is 0. The molecule has 2 heterocycles. The van der Waals surface area contributed by atoms with E-state index in [9.17, 15) is 18.0 Å². The number of rotatable bonds is 6. The Hall–Kier alpha value is -2.09.